The zero-order valence-corrected chi connectivity index (χ0v) is 16.5. The summed E-state index contributed by atoms with van der Waals surface area (Å²) in [4.78, 5) is 49.4. The zero-order valence-electron chi connectivity index (χ0n) is 16.5. The predicted octanol–water partition coefficient (Wildman–Crippen LogP) is 2.01. The third-order valence-electron chi connectivity index (χ3n) is 4.64. The van der Waals surface area contributed by atoms with Gasteiger partial charge in [0.2, 0.25) is 11.8 Å². The van der Waals surface area contributed by atoms with Gasteiger partial charge < -0.3 is 10.6 Å². The molecule has 0 saturated heterocycles. The highest BCUT2D eigenvalue weighted by Crippen LogP contribution is 2.22. The van der Waals surface area contributed by atoms with Crippen LogP contribution < -0.4 is 10.6 Å². The minimum Gasteiger partial charge on any atom is -0.354 e. The van der Waals surface area contributed by atoms with E-state index < -0.39 is 0 Å². The van der Waals surface area contributed by atoms with Gasteiger partial charge in [0.25, 0.3) is 11.8 Å². The summed E-state index contributed by atoms with van der Waals surface area (Å²) in [6.07, 6.45) is 3.73. The van der Waals surface area contributed by atoms with Crippen molar-refractivity contribution in [2.45, 2.75) is 12.8 Å². The average Bonchev–Trinajstić information content (AvgIpc) is 3.01. The molecule has 0 fully saturated rings. The Morgan fingerprint density at radius 3 is 2.10 bits per heavy atom. The van der Waals surface area contributed by atoms with Gasteiger partial charge in [0.05, 0.1) is 11.1 Å². The van der Waals surface area contributed by atoms with E-state index in [9.17, 15) is 19.2 Å². The van der Waals surface area contributed by atoms with Crippen LogP contribution in [0.5, 0.6) is 0 Å². The van der Waals surface area contributed by atoms with Crippen molar-refractivity contribution in [2.24, 2.45) is 0 Å². The second kappa shape index (κ2) is 10.2. The van der Waals surface area contributed by atoms with Crippen LogP contribution in [0.2, 0.25) is 0 Å². The molecule has 154 valence electrons. The van der Waals surface area contributed by atoms with Crippen molar-refractivity contribution < 1.29 is 19.2 Å². The fourth-order valence-electron chi connectivity index (χ4n) is 3.11. The summed E-state index contributed by atoms with van der Waals surface area (Å²) < 4.78 is 0. The Morgan fingerprint density at radius 2 is 1.43 bits per heavy atom. The molecule has 0 saturated carbocycles. The van der Waals surface area contributed by atoms with Crippen molar-refractivity contribution in [2.75, 3.05) is 19.6 Å². The topological polar surface area (TPSA) is 95.6 Å². The molecule has 3 rings (SSSR count). The van der Waals surface area contributed by atoms with Gasteiger partial charge in [0.15, 0.2) is 0 Å². The summed E-state index contributed by atoms with van der Waals surface area (Å²) in [5, 5.41) is 5.40. The number of amides is 4. The third kappa shape index (κ3) is 5.41. The molecule has 0 aromatic heterocycles. The largest absolute Gasteiger partial charge is 0.354 e. The molecular formula is C23H23N3O4. The lowest BCUT2D eigenvalue weighted by Gasteiger charge is -2.13. The highest BCUT2D eigenvalue weighted by Gasteiger charge is 2.34. The van der Waals surface area contributed by atoms with E-state index in [0.717, 1.165) is 5.56 Å². The Bertz CT molecular complexity index is 934. The molecule has 0 bridgehead atoms. The van der Waals surface area contributed by atoms with E-state index >= 15 is 0 Å². The molecule has 1 heterocycles. The fraction of sp³-hybridized carbons (Fsp3) is 0.217. The number of nitrogens with zero attached hydrogens (tertiary/aromatic N) is 1. The van der Waals surface area contributed by atoms with Crippen LogP contribution in [0.1, 0.15) is 39.1 Å². The molecule has 0 radical (unpaired) electrons. The minimum atomic E-state index is -0.317. The Balaban J connectivity index is 1.30. The number of rotatable bonds is 9. The number of carbonyl (C=O) groups is 4. The van der Waals surface area contributed by atoms with Crippen LogP contribution in [0.15, 0.2) is 60.7 Å². The van der Waals surface area contributed by atoms with Gasteiger partial charge in [0.1, 0.15) is 0 Å². The summed E-state index contributed by atoms with van der Waals surface area (Å²) in [6.45, 7) is 0.805. The Hall–Kier alpha value is -3.74. The first-order valence-electron chi connectivity index (χ1n) is 9.79. The van der Waals surface area contributed by atoms with E-state index in [4.69, 9.17) is 0 Å². The first-order chi connectivity index (χ1) is 14.6. The third-order valence-corrected chi connectivity index (χ3v) is 4.64. The second-order valence-corrected chi connectivity index (χ2v) is 6.80. The molecular weight excluding hydrogens is 382 g/mol. The second-order valence-electron chi connectivity index (χ2n) is 6.80. The lowest BCUT2D eigenvalue weighted by atomic mass is 10.1. The molecule has 0 unspecified atom stereocenters. The Morgan fingerprint density at radius 1 is 0.833 bits per heavy atom. The predicted molar refractivity (Wildman–Crippen MR) is 113 cm³/mol. The van der Waals surface area contributed by atoms with Crippen molar-refractivity contribution >= 4 is 29.7 Å². The highest BCUT2D eigenvalue weighted by atomic mass is 16.2. The minimum absolute atomic E-state index is 0.190. The fourth-order valence-corrected chi connectivity index (χ4v) is 3.11. The smallest absolute Gasteiger partial charge is 0.261 e. The molecule has 0 atom stereocenters. The van der Waals surface area contributed by atoms with Crippen LogP contribution >= 0.6 is 0 Å². The number of hydrogen-bond donors (Lipinski definition) is 2. The molecule has 30 heavy (non-hydrogen) atoms. The Labute approximate surface area is 174 Å². The van der Waals surface area contributed by atoms with Crippen molar-refractivity contribution in [3.63, 3.8) is 0 Å². The van der Waals surface area contributed by atoms with E-state index in [0.29, 0.717) is 30.6 Å². The van der Waals surface area contributed by atoms with Crippen molar-refractivity contribution in [3.05, 3.63) is 77.4 Å². The van der Waals surface area contributed by atoms with Gasteiger partial charge in [-0.1, -0.05) is 42.5 Å². The number of fused-ring (bicyclic) bond motifs is 1. The number of imide groups is 1. The van der Waals surface area contributed by atoms with Gasteiger partial charge in [-0.3, -0.25) is 24.1 Å². The first-order valence-corrected chi connectivity index (χ1v) is 9.79. The van der Waals surface area contributed by atoms with Gasteiger partial charge in [-0.25, -0.2) is 0 Å². The van der Waals surface area contributed by atoms with Gasteiger partial charge in [-0.15, -0.1) is 0 Å². The van der Waals surface area contributed by atoms with Gasteiger partial charge in [-0.05, 0) is 30.2 Å². The van der Waals surface area contributed by atoms with Crippen LogP contribution in [-0.4, -0.2) is 48.2 Å². The summed E-state index contributed by atoms with van der Waals surface area (Å²) in [6, 6.07) is 16.2. The van der Waals surface area contributed by atoms with Crippen LogP contribution in [0.3, 0.4) is 0 Å². The molecule has 0 spiro atoms. The molecule has 2 aromatic carbocycles. The SMILES string of the molecule is O=C(/C=C/c1ccccc1)NCCNC(=O)CCCN1C(=O)c2ccccc2C1=O. The molecule has 2 aromatic rings. The lowest BCUT2D eigenvalue weighted by Crippen LogP contribution is -2.35. The van der Waals surface area contributed by atoms with Crippen molar-refractivity contribution in [1.29, 1.82) is 0 Å². The van der Waals surface area contributed by atoms with Crippen LogP contribution in [0.25, 0.3) is 6.08 Å². The van der Waals surface area contributed by atoms with Gasteiger partial charge in [0, 0.05) is 32.1 Å². The van der Waals surface area contributed by atoms with E-state index in [-0.39, 0.29) is 36.6 Å². The van der Waals surface area contributed by atoms with E-state index in [2.05, 4.69) is 10.6 Å². The van der Waals surface area contributed by atoms with Crippen molar-refractivity contribution in [1.82, 2.24) is 15.5 Å². The number of carbonyl (C=O) groups excluding carboxylic acids is 4. The Kier molecular flexibility index (Phi) is 7.10. The molecule has 7 heteroatoms. The van der Waals surface area contributed by atoms with E-state index in [1.807, 2.05) is 30.3 Å². The van der Waals surface area contributed by atoms with Gasteiger partial charge in [-0.2, -0.15) is 0 Å². The average molecular weight is 405 g/mol. The molecule has 2 N–H and O–H groups in total. The molecule has 0 aliphatic carbocycles. The van der Waals surface area contributed by atoms with E-state index in [1.54, 1.807) is 30.3 Å². The summed E-state index contributed by atoms with van der Waals surface area (Å²) >= 11 is 0. The first kappa shape index (κ1) is 21.0. The maximum atomic E-state index is 12.3. The molecule has 4 amide bonds. The molecule has 1 aliphatic heterocycles. The lowest BCUT2D eigenvalue weighted by molar-refractivity contribution is -0.121. The zero-order chi connectivity index (χ0) is 21.3. The van der Waals surface area contributed by atoms with Crippen LogP contribution in [0, 0.1) is 0 Å². The maximum Gasteiger partial charge on any atom is 0.261 e. The normalized spacial score (nSPS) is 12.9. The molecule has 7 nitrogen and oxygen atoms in total. The van der Waals surface area contributed by atoms with Crippen molar-refractivity contribution in [3.8, 4) is 0 Å². The number of nitrogens with one attached hydrogen (secondary N) is 2. The molecule has 1 aliphatic rings. The van der Waals surface area contributed by atoms with Crippen LogP contribution in [-0.2, 0) is 9.59 Å². The maximum absolute atomic E-state index is 12.3. The summed E-state index contributed by atoms with van der Waals surface area (Å²) in [7, 11) is 0. The highest BCUT2D eigenvalue weighted by molar-refractivity contribution is 6.21. The standard InChI is InChI=1S/C23H23N3O4/c27-20(24-14-15-25-21(28)13-12-17-7-2-1-3-8-17)11-6-16-26-22(29)18-9-4-5-10-19(18)23(26)30/h1-5,7-10,12-13H,6,11,14-16H2,(H,24,27)(H,25,28)/b13-12+. The van der Waals surface area contributed by atoms with Gasteiger partial charge >= 0.3 is 0 Å². The summed E-state index contributed by atoms with van der Waals surface area (Å²) in [5.41, 5.74) is 1.74. The number of benzene rings is 2. The van der Waals surface area contributed by atoms with E-state index in [1.165, 1.54) is 11.0 Å². The summed E-state index contributed by atoms with van der Waals surface area (Å²) in [5.74, 6) is -1.07. The quantitative estimate of drug-likeness (QED) is 0.379. The number of hydrogen-bond acceptors (Lipinski definition) is 4. The monoisotopic (exact) mass is 405 g/mol. The van der Waals surface area contributed by atoms with Crippen LogP contribution in [0.4, 0.5) is 0 Å².